The Labute approximate surface area is 88.3 Å². The Morgan fingerprint density at radius 3 is 2.67 bits per heavy atom. The number of nitrogens with zero attached hydrogens (tertiary/aromatic N) is 2. The van der Waals surface area contributed by atoms with Crippen molar-refractivity contribution in [2.45, 2.75) is 0 Å². The number of fused-ring (bicyclic) bond motifs is 1. The lowest BCUT2D eigenvalue weighted by Crippen LogP contribution is -2.09. The van der Waals surface area contributed by atoms with E-state index >= 15 is 0 Å². The zero-order valence-corrected chi connectivity index (χ0v) is 8.77. The highest BCUT2D eigenvalue weighted by atomic mass is 16.1. The first-order valence-corrected chi connectivity index (χ1v) is 4.74. The van der Waals surface area contributed by atoms with Crippen LogP contribution in [0.3, 0.4) is 0 Å². The van der Waals surface area contributed by atoms with Crippen molar-refractivity contribution in [1.82, 2.24) is 4.98 Å². The number of carbonyl (C=O) groups excluding carboxylic acids is 1. The molecule has 1 aromatic carbocycles. The molecular formula is C12H12N2O. The van der Waals surface area contributed by atoms with Crippen molar-refractivity contribution in [3.8, 4) is 0 Å². The molecule has 0 aliphatic heterocycles. The molecule has 0 N–H and O–H groups in total. The molecule has 0 amide bonds. The third-order valence-electron chi connectivity index (χ3n) is 2.33. The summed E-state index contributed by atoms with van der Waals surface area (Å²) in [4.78, 5) is 16.9. The summed E-state index contributed by atoms with van der Waals surface area (Å²) < 4.78 is 0. The van der Waals surface area contributed by atoms with Crippen LogP contribution >= 0.6 is 0 Å². The first-order valence-electron chi connectivity index (χ1n) is 4.74. The standard InChI is InChI=1S/C12H12N2O/c1-14(2)12-5-3-4-11-10(12)7-6-9(8-15)13-11/h3-8H,1-2H3. The van der Waals surface area contributed by atoms with E-state index in [1.54, 1.807) is 6.07 Å². The lowest BCUT2D eigenvalue weighted by atomic mass is 10.1. The zero-order chi connectivity index (χ0) is 10.8. The second-order valence-electron chi connectivity index (χ2n) is 3.59. The molecule has 0 radical (unpaired) electrons. The summed E-state index contributed by atoms with van der Waals surface area (Å²) in [6.07, 6.45) is 0.766. The van der Waals surface area contributed by atoms with Gasteiger partial charge in [0.15, 0.2) is 6.29 Å². The van der Waals surface area contributed by atoms with Gasteiger partial charge in [-0.1, -0.05) is 6.07 Å². The van der Waals surface area contributed by atoms with Crippen molar-refractivity contribution >= 4 is 22.9 Å². The molecule has 2 aromatic rings. The number of aromatic nitrogens is 1. The number of pyridine rings is 1. The fraction of sp³-hybridized carbons (Fsp3) is 0.167. The summed E-state index contributed by atoms with van der Waals surface area (Å²) in [5, 5.41) is 1.06. The Balaban J connectivity index is 2.72. The molecule has 0 atom stereocenters. The molecule has 0 fully saturated rings. The van der Waals surface area contributed by atoms with E-state index in [0.717, 1.165) is 22.9 Å². The molecule has 3 nitrogen and oxygen atoms in total. The van der Waals surface area contributed by atoms with Gasteiger partial charge in [-0.05, 0) is 24.3 Å². The molecule has 76 valence electrons. The maximum Gasteiger partial charge on any atom is 0.168 e. The van der Waals surface area contributed by atoms with Crippen LogP contribution in [0.15, 0.2) is 30.3 Å². The second-order valence-corrected chi connectivity index (χ2v) is 3.59. The highest BCUT2D eigenvalue weighted by molar-refractivity contribution is 5.93. The zero-order valence-electron chi connectivity index (χ0n) is 8.77. The van der Waals surface area contributed by atoms with Crippen LogP contribution < -0.4 is 4.90 Å². The minimum absolute atomic E-state index is 0.471. The van der Waals surface area contributed by atoms with E-state index in [2.05, 4.69) is 4.98 Å². The smallest absolute Gasteiger partial charge is 0.168 e. The molecule has 1 heterocycles. The largest absolute Gasteiger partial charge is 0.377 e. The topological polar surface area (TPSA) is 33.2 Å². The van der Waals surface area contributed by atoms with Crippen molar-refractivity contribution < 1.29 is 4.79 Å². The van der Waals surface area contributed by atoms with Crippen LogP contribution in [0.2, 0.25) is 0 Å². The first kappa shape index (κ1) is 9.65. The number of rotatable bonds is 2. The van der Waals surface area contributed by atoms with Crippen molar-refractivity contribution in [1.29, 1.82) is 0 Å². The van der Waals surface area contributed by atoms with E-state index in [9.17, 15) is 4.79 Å². The Kier molecular flexibility index (Phi) is 2.37. The molecule has 15 heavy (non-hydrogen) atoms. The van der Waals surface area contributed by atoms with E-state index in [4.69, 9.17) is 0 Å². The molecule has 2 rings (SSSR count). The molecule has 0 aliphatic rings. The summed E-state index contributed by atoms with van der Waals surface area (Å²) in [6.45, 7) is 0. The maximum absolute atomic E-state index is 10.6. The molecule has 0 spiro atoms. The van der Waals surface area contributed by atoms with Gasteiger partial charge in [0.25, 0.3) is 0 Å². The van der Waals surface area contributed by atoms with E-state index < -0.39 is 0 Å². The highest BCUT2D eigenvalue weighted by Crippen LogP contribution is 2.23. The predicted octanol–water partition coefficient (Wildman–Crippen LogP) is 2.11. The van der Waals surface area contributed by atoms with E-state index in [0.29, 0.717) is 5.69 Å². The fourth-order valence-corrected chi connectivity index (χ4v) is 1.61. The molecule has 0 saturated carbocycles. The number of hydrogen-bond donors (Lipinski definition) is 0. The van der Waals surface area contributed by atoms with Gasteiger partial charge in [0.05, 0.1) is 5.52 Å². The quantitative estimate of drug-likeness (QED) is 0.696. The Morgan fingerprint density at radius 1 is 1.20 bits per heavy atom. The Morgan fingerprint density at radius 2 is 2.00 bits per heavy atom. The van der Waals surface area contributed by atoms with Gasteiger partial charge in [0.1, 0.15) is 5.69 Å². The molecule has 0 bridgehead atoms. The number of benzene rings is 1. The third-order valence-corrected chi connectivity index (χ3v) is 2.33. The van der Waals surface area contributed by atoms with Gasteiger partial charge < -0.3 is 4.90 Å². The van der Waals surface area contributed by atoms with Gasteiger partial charge >= 0.3 is 0 Å². The van der Waals surface area contributed by atoms with Crippen molar-refractivity contribution in [3.63, 3.8) is 0 Å². The lowest BCUT2D eigenvalue weighted by Gasteiger charge is -2.14. The molecule has 0 saturated heterocycles. The van der Waals surface area contributed by atoms with Gasteiger partial charge in [-0.2, -0.15) is 0 Å². The second kappa shape index (κ2) is 3.69. The first-order chi connectivity index (χ1) is 7.22. The molecule has 0 unspecified atom stereocenters. The Hall–Kier alpha value is -1.90. The number of hydrogen-bond acceptors (Lipinski definition) is 3. The van der Waals surface area contributed by atoms with Gasteiger partial charge in [0.2, 0.25) is 0 Å². The van der Waals surface area contributed by atoms with Crippen LogP contribution in [0.25, 0.3) is 10.9 Å². The van der Waals surface area contributed by atoms with Gasteiger partial charge in [-0.15, -0.1) is 0 Å². The molecule has 3 heteroatoms. The van der Waals surface area contributed by atoms with E-state index in [1.807, 2.05) is 43.3 Å². The number of aldehydes is 1. The van der Waals surface area contributed by atoms with Gasteiger partial charge in [-0.3, -0.25) is 4.79 Å². The average molecular weight is 200 g/mol. The minimum Gasteiger partial charge on any atom is -0.377 e. The predicted molar refractivity (Wildman–Crippen MR) is 61.5 cm³/mol. The summed E-state index contributed by atoms with van der Waals surface area (Å²) in [5.74, 6) is 0. The van der Waals surface area contributed by atoms with E-state index in [1.165, 1.54) is 0 Å². The summed E-state index contributed by atoms with van der Waals surface area (Å²) in [7, 11) is 3.98. The molecule has 1 aromatic heterocycles. The molecule has 0 aliphatic carbocycles. The monoisotopic (exact) mass is 200 g/mol. The van der Waals surface area contributed by atoms with Crippen LogP contribution in [-0.2, 0) is 0 Å². The van der Waals surface area contributed by atoms with Crippen LogP contribution in [0.4, 0.5) is 5.69 Å². The fourth-order valence-electron chi connectivity index (χ4n) is 1.61. The molecular weight excluding hydrogens is 188 g/mol. The Bertz CT molecular complexity index is 506. The summed E-state index contributed by atoms with van der Waals surface area (Å²) in [6, 6.07) is 9.56. The minimum atomic E-state index is 0.471. The van der Waals surface area contributed by atoms with E-state index in [-0.39, 0.29) is 0 Å². The third kappa shape index (κ3) is 1.68. The summed E-state index contributed by atoms with van der Waals surface area (Å²) in [5.41, 5.74) is 2.43. The van der Waals surface area contributed by atoms with Gasteiger partial charge in [-0.25, -0.2) is 4.98 Å². The van der Waals surface area contributed by atoms with Crippen molar-refractivity contribution in [3.05, 3.63) is 36.0 Å². The average Bonchev–Trinajstić information content (AvgIpc) is 2.27. The normalized spacial score (nSPS) is 10.3. The van der Waals surface area contributed by atoms with Crippen LogP contribution in [0.1, 0.15) is 10.5 Å². The van der Waals surface area contributed by atoms with Crippen molar-refractivity contribution in [2.75, 3.05) is 19.0 Å². The maximum atomic E-state index is 10.6. The van der Waals surface area contributed by atoms with Crippen LogP contribution in [0, 0.1) is 0 Å². The lowest BCUT2D eigenvalue weighted by molar-refractivity contribution is 0.111. The SMILES string of the molecule is CN(C)c1cccc2nc(C=O)ccc12. The highest BCUT2D eigenvalue weighted by Gasteiger charge is 2.03. The van der Waals surface area contributed by atoms with Crippen molar-refractivity contribution in [2.24, 2.45) is 0 Å². The summed E-state index contributed by atoms with van der Waals surface area (Å²) >= 11 is 0. The van der Waals surface area contributed by atoms with Gasteiger partial charge in [0, 0.05) is 25.2 Å². The van der Waals surface area contributed by atoms with Crippen LogP contribution in [-0.4, -0.2) is 25.4 Å². The van der Waals surface area contributed by atoms with Crippen LogP contribution in [0.5, 0.6) is 0 Å². The number of carbonyl (C=O) groups is 1. The number of anilines is 1.